The second-order valence-corrected chi connectivity index (χ2v) is 6.60. The zero-order chi connectivity index (χ0) is 13.0. The third kappa shape index (κ3) is 3.08. The van der Waals surface area contributed by atoms with Gasteiger partial charge in [0, 0.05) is 17.5 Å². The van der Waals surface area contributed by atoms with E-state index < -0.39 is 0 Å². The predicted octanol–water partition coefficient (Wildman–Crippen LogP) is 3.06. The summed E-state index contributed by atoms with van der Waals surface area (Å²) in [5.41, 5.74) is 1.60. The molecular formula is C15H23NOS. The van der Waals surface area contributed by atoms with Crippen LogP contribution in [0, 0.1) is 0 Å². The molecule has 1 fully saturated rings. The molecule has 1 aromatic carbocycles. The monoisotopic (exact) mass is 265 g/mol. The first-order valence-corrected chi connectivity index (χ1v) is 7.69. The van der Waals surface area contributed by atoms with E-state index in [1.165, 1.54) is 10.5 Å². The van der Waals surface area contributed by atoms with E-state index in [1.54, 1.807) is 0 Å². The average molecular weight is 265 g/mol. The van der Waals surface area contributed by atoms with Crippen molar-refractivity contribution in [1.82, 2.24) is 5.32 Å². The SMILES string of the molecule is CCSc1ccc(C2(CNC(C)C)COC2)cc1. The lowest BCUT2D eigenvalue weighted by Gasteiger charge is -2.42. The molecule has 100 valence electrons. The summed E-state index contributed by atoms with van der Waals surface area (Å²) in [4.78, 5) is 1.36. The highest BCUT2D eigenvalue weighted by molar-refractivity contribution is 7.99. The van der Waals surface area contributed by atoms with E-state index in [1.807, 2.05) is 11.8 Å². The fourth-order valence-corrected chi connectivity index (χ4v) is 2.85. The fraction of sp³-hybridized carbons (Fsp3) is 0.600. The van der Waals surface area contributed by atoms with Crippen molar-refractivity contribution in [2.24, 2.45) is 0 Å². The molecular weight excluding hydrogens is 242 g/mol. The van der Waals surface area contributed by atoms with Gasteiger partial charge in [0.2, 0.25) is 0 Å². The van der Waals surface area contributed by atoms with Crippen LogP contribution < -0.4 is 5.32 Å². The topological polar surface area (TPSA) is 21.3 Å². The molecule has 2 rings (SSSR count). The number of nitrogens with one attached hydrogen (secondary N) is 1. The Balaban J connectivity index is 2.07. The first kappa shape index (κ1) is 13.9. The van der Waals surface area contributed by atoms with Crippen LogP contribution >= 0.6 is 11.8 Å². The smallest absolute Gasteiger partial charge is 0.0598 e. The predicted molar refractivity (Wildman–Crippen MR) is 78.5 cm³/mol. The number of rotatable bonds is 6. The molecule has 0 unspecified atom stereocenters. The van der Waals surface area contributed by atoms with Gasteiger partial charge in [-0.3, -0.25) is 0 Å². The molecule has 1 saturated heterocycles. The minimum atomic E-state index is 0.194. The van der Waals surface area contributed by atoms with Crippen LogP contribution in [0.4, 0.5) is 0 Å². The van der Waals surface area contributed by atoms with E-state index in [4.69, 9.17) is 4.74 Å². The molecule has 1 heterocycles. The summed E-state index contributed by atoms with van der Waals surface area (Å²) in [5.74, 6) is 1.13. The molecule has 1 N–H and O–H groups in total. The van der Waals surface area contributed by atoms with Gasteiger partial charge in [0.25, 0.3) is 0 Å². The molecule has 0 aromatic heterocycles. The maximum Gasteiger partial charge on any atom is 0.0598 e. The highest BCUT2D eigenvalue weighted by atomic mass is 32.2. The average Bonchev–Trinajstić information content (AvgIpc) is 2.30. The number of hydrogen-bond acceptors (Lipinski definition) is 3. The Kier molecular flexibility index (Phi) is 4.71. The Labute approximate surface area is 114 Å². The highest BCUT2D eigenvalue weighted by Crippen LogP contribution is 2.33. The van der Waals surface area contributed by atoms with E-state index in [0.29, 0.717) is 6.04 Å². The van der Waals surface area contributed by atoms with Gasteiger partial charge in [-0.2, -0.15) is 0 Å². The molecule has 18 heavy (non-hydrogen) atoms. The van der Waals surface area contributed by atoms with Gasteiger partial charge in [0.15, 0.2) is 0 Å². The van der Waals surface area contributed by atoms with Crippen molar-refractivity contribution in [3.8, 4) is 0 Å². The van der Waals surface area contributed by atoms with Crippen LogP contribution in [0.1, 0.15) is 26.3 Å². The van der Waals surface area contributed by atoms with Crippen LogP contribution in [0.3, 0.4) is 0 Å². The Morgan fingerprint density at radius 1 is 1.28 bits per heavy atom. The maximum atomic E-state index is 5.46. The standard InChI is InChI=1S/C15H23NOS/c1-4-18-14-7-5-13(6-8-14)15(10-17-11-15)9-16-12(2)3/h5-8,12,16H,4,9-11H2,1-3H3. The highest BCUT2D eigenvalue weighted by Gasteiger charge is 2.40. The van der Waals surface area contributed by atoms with Gasteiger partial charge in [-0.1, -0.05) is 32.9 Å². The summed E-state index contributed by atoms with van der Waals surface area (Å²) in [7, 11) is 0. The zero-order valence-electron chi connectivity index (χ0n) is 11.5. The molecule has 0 bridgehead atoms. The second-order valence-electron chi connectivity index (χ2n) is 5.27. The molecule has 0 atom stereocenters. The van der Waals surface area contributed by atoms with Crippen molar-refractivity contribution in [2.45, 2.75) is 37.1 Å². The molecule has 0 spiro atoms. The van der Waals surface area contributed by atoms with Crippen molar-refractivity contribution in [3.05, 3.63) is 29.8 Å². The van der Waals surface area contributed by atoms with Crippen LogP contribution in [0.15, 0.2) is 29.2 Å². The first-order chi connectivity index (χ1) is 8.66. The van der Waals surface area contributed by atoms with E-state index in [2.05, 4.69) is 50.4 Å². The van der Waals surface area contributed by atoms with Crippen molar-refractivity contribution in [3.63, 3.8) is 0 Å². The van der Waals surface area contributed by atoms with Gasteiger partial charge in [-0.25, -0.2) is 0 Å². The number of thioether (sulfide) groups is 1. The van der Waals surface area contributed by atoms with Crippen LogP contribution in [0.2, 0.25) is 0 Å². The van der Waals surface area contributed by atoms with Crippen LogP contribution in [-0.4, -0.2) is 31.6 Å². The lowest BCUT2D eigenvalue weighted by Crippen LogP contribution is -2.54. The van der Waals surface area contributed by atoms with Crippen molar-refractivity contribution in [1.29, 1.82) is 0 Å². The minimum Gasteiger partial charge on any atom is -0.379 e. The number of benzene rings is 1. The van der Waals surface area contributed by atoms with Crippen LogP contribution in [0.25, 0.3) is 0 Å². The van der Waals surface area contributed by atoms with E-state index in [0.717, 1.165) is 25.5 Å². The van der Waals surface area contributed by atoms with E-state index >= 15 is 0 Å². The normalized spacial score (nSPS) is 17.8. The summed E-state index contributed by atoms with van der Waals surface area (Å²) in [6.07, 6.45) is 0. The second kappa shape index (κ2) is 6.09. The molecule has 0 aliphatic carbocycles. The quantitative estimate of drug-likeness (QED) is 0.799. The summed E-state index contributed by atoms with van der Waals surface area (Å²) >= 11 is 1.89. The fourth-order valence-electron chi connectivity index (χ4n) is 2.19. The van der Waals surface area contributed by atoms with Gasteiger partial charge in [0.05, 0.1) is 18.6 Å². The number of hydrogen-bond donors (Lipinski definition) is 1. The van der Waals surface area contributed by atoms with E-state index in [9.17, 15) is 0 Å². The Morgan fingerprint density at radius 2 is 1.94 bits per heavy atom. The van der Waals surface area contributed by atoms with Gasteiger partial charge in [-0.15, -0.1) is 11.8 Å². The van der Waals surface area contributed by atoms with Gasteiger partial charge in [-0.05, 0) is 23.4 Å². The zero-order valence-corrected chi connectivity index (χ0v) is 12.3. The molecule has 1 aromatic rings. The van der Waals surface area contributed by atoms with Crippen LogP contribution in [0.5, 0.6) is 0 Å². The third-order valence-electron chi connectivity index (χ3n) is 3.38. The Hall–Kier alpha value is -0.510. The first-order valence-electron chi connectivity index (χ1n) is 6.71. The number of ether oxygens (including phenoxy) is 1. The molecule has 1 aliphatic rings. The van der Waals surface area contributed by atoms with Crippen molar-refractivity contribution >= 4 is 11.8 Å². The lowest BCUT2D eigenvalue weighted by atomic mass is 9.78. The summed E-state index contributed by atoms with van der Waals surface area (Å²) in [6, 6.07) is 9.53. The molecule has 1 aliphatic heterocycles. The van der Waals surface area contributed by atoms with Crippen LogP contribution in [-0.2, 0) is 10.2 Å². The largest absolute Gasteiger partial charge is 0.379 e. The summed E-state index contributed by atoms with van der Waals surface area (Å²) < 4.78 is 5.46. The lowest BCUT2D eigenvalue weighted by molar-refractivity contribution is -0.0597. The van der Waals surface area contributed by atoms with Gasteiger partial charge < -0.3 is 10.1 Å². The molecule has 0 saturated carbocycles. The molecule has 0 amide bonds. The molecule has 2 nitrogen and oxygen atoms in total. The van der Waals surface area contributed by atoms with Gasteiger partial charge >= 0.3 is 0 Å². The summed E-state index contributed by atoms with van der Waals surface area (Å²) in [5, 5.41) is 3.54. The summed E-state index contributed by atoms with van der Waals surface area (Å²) in [6.45, 7) is 9.25. The molecule has 0 radical (unpaired) electrons. The van der Waals surface area contributed by atoms with E-state index in [-0.39, 0.29) is 5.41 Å². The maximum absolute atomic E-state index is 5.46. The van der Waals surface area contributed by atoms with Crippen molar-refractivity contribution < 1.29 is 4.74 Å². The molecule has 3 heteroatoms. The third-order valence-corrected chi connectivity index (χ3v) is 4.28. The Morgan fingerprint density at radius 3 is 2.39 bits per heavy atom. The van der Waals surface area contributed by atoms with Crippen molar-refractivity contribution in [2.75, 3.05) is 25.5 Å². The Bertz CT molecular complexity index is 371. The minimum absolute atomic E-state index is 0.194. The van der Waals surface area contributed by atoms with Gasteiger partial charge in [0.1, 0.15) is 0 Å².